The van der Waals surface area contributed by atoms with Crippen molar-refractivity contribution in [3.05, 3.63) is 36.9 Å². The summed E-state index contributed by atoms with van der Waals surface area (Å²) in [5.74, 6) is 0.0747. The minimum atomic E-state index is 0.0747. The van der Waals surface area contributed by atoms with Crippen molar-refractivity contribution >= 4 is 32.6 Å². The van der Waals surface area contributed by atoms with Crippen molar-refractivity contribution in [2.75, 3.05) is 5.32 Å². The van der Waals surface area contributed by atoms with Crippen LogP contribution in [0.4, 0.5) is 5.13 Å². The number of para-hydroxylation sites is 1. The topological polar surface area (TPSA) is 42.0 Å². The van der Waals surface area contributed by atoms with Crippen LogP contribution in [-0.4, -0.2) is 10.9 Å². The largest absolute Gasteiger partial charge is 0.302 e. The number of hydrogen-bond donors (Lipinski definition) is 1. The average molecular weight is 316 g/mol. The van der Waals surface area contributed by atoms with Gasteiger partial charge in [0.1, 0.15) is 0 Å². The Morgan fingerprint density at radius 3 is 2.64 bits per heavy atom. The molecule has 2 rings (SSSR count). The molecule has 3 nitrogen and oxygen atoms in total. The standard InChI is InChI=1S/C18H24N2OS/c1-2-3-4-5-6-7-8-9-14-17(21)20-18-19-15-12-10-11-13-16(15)22-18/h2,10-13H,1,3-9,14H2,(H,19,20,21). The highest BCUT2D eigenvalue weighted by atomic mass is 32.1. The Hall–Kier alpha value is -1.68. The summed E-state index contributed by atoms with van der Waals surface area (Å²) in [6.07, 6.45) is 10.7. The molecular formula is C18H24N2OS. The predicted molar refractivity (Wildman–Crippen MR) is 95.4 cm³/mol. The van der Waals surface area contributed by atoms with Crippen LogP contribution in [0.5, 0.6) is 0 Å². The van der Waals surface area contributed by atoms with Crippen LogP contribution < -0.4 is 5.32 Å². The van der Waals surface area contributed by atoms with Gasteiger partial charge in [0, 0.05) is 6.42 Å². The molecule has 1 aromatic carbocycles. The molecule has 0 aliphatic heterocycles. The molecular weight excluding hydrogens is 292 g/mol. The number of nitrogens with zero attached hydrogens (tertiary/aromatic N) is 1. The first-order valence-electron chi connectivity index (χ1n) is 8.06. The Kier molecular flexibility index (Phi) is 7.10. The zero-order valence-electron chi connectivity index (χ0n) is 13.0. The summed E-state index contributed by atoms with van der Waals surface area (Å²) in [5, 5.41) is 3.61. The van der Waals surface area contributed by atoms with Crippen molar-refractivity contribution < 1.29 is 4.79 Å². The fraction of sp³-hybridized carbons (Fsp3) is 0.444. The monoisotopic (exact) mass is 316 g/mol. The van der Waals surface area contributed by atoms with Gasteiger partial charge in [-0.1, -0.05) is 55.2 Å². The number of unbranched alkanes of at least 4 members (excludes halogenated alkanes) is 6. The first-order valence-corrected chi connectivity index (χ1v) is 8.87. The molecule has 1 N–H and O–H groups in total. The molecule has 1 amide bonds. The number of allylic oxidation sites excluding steroid dienone is 1. The highest BCUT2D eigenvalue weighted by Gasteiger charge is 2.07. The molecule has 1 heterocycles. The minimum Gasteiger partial charge on any atom is -0.302 e. The SMILES string of the molecule is C=CCCCCCCCCC(=O)Nc1nc2ccccc2s1. The Morgan fingerprint density at radius 1 is 1.14 bits per heavy atom. The van der Waals surface area contributed by atoms with Crippen LogP contribution in [0.15, 0.2) is 36.9 Å². The fourth-order valence-corrected chi connectivity index (χ4v) is 3.27. The Bertz CT molecular complexity index is 573. The first kappa shape index (κ1) is 16.7. The summed E-state index contributed by atoms with van der Waals surface area (Å²) in [7, 11) is 0. The Balaban J connectivity index is 1.60. The molecule has 0 radical (unpaired) electrons. The lowest BCUT2D eigenvalue weighted by Gasteiger charge is -2.02. The van der Waals surface area contributed by atoms with Gasteiger partial charge in [-0.05, 0) is 31.4 Å². The molecule has 1 aromatic heterocycles. The zero-order chi connectivity index (χ0) is 15.6. The fourth-order valence-electron chi connectivity index (χ4n) is 2.39. The van der Waals surface area contributed by atoms with Crippen molar-refractivity contribution in [2.24, 2.45) is 0 Å². The van der Waals surface area contributed by atoms with E-state index in [1.54, 1.807) is 0 Å². The summed E-state index contributed by atoms with van der Waals surface area (Å²) in [6.45, 7) is 3.73. The molecule has 0 saturated heterocycles. The molecule has 0 saturated carbocycles. The Morgan fingerprint density at radius 2 is 1.86 bits per heavy atom. The number of carbonyl (C=O) groups excluding carboxylic acids is 1. The summed E-state index contributed by atoms with van der Waals surface area (Å²) in [5.41, 5.74) is 0.947. The van der Waals surface area contributed by atoms with Gasteiger partial charge >= 0.3 is 0 Å². The van der Waals surface area contributed by atoms with E-state index in [1.807, 2.05) is 30.3 Å². The maximum atomic E-state index is 11.9. The number of rotatable bonds is 10. The smallest absolute Gasteiger partial charge is 0.226 e. The van der Waals surface area contributed by atoms with Crippen LogP contribution in [0.2, 0.25) is 0 Å². The van der Waals surface area contributed by atoms with Gasteiger partial charge < -0.3 is 5.32 Å². The number of fused-ring (bicyclic) bond motifs is 1. The number of amides is 1. The van der Waals surface area contributed by atoms with Crippen molar-refractivity contribution in [3.63, 3.8) is 0 Å². The minimum absolute atomic E-state index is 0.0747. The maximum absolute atomic E-state index is 11.9. The Labute approximate surface area is 136 Å². The third-order valence-electron chi connectivity index (χ3n) is 3.60. The highest BCUT2D eigenvalue weighted by Crippen LogP contribution is 2.25. The van der Waals surface area contributed by atoms with Crippen LogP contribution in [0.1, 0.15) is 51.4 Å². The third-order valence-corrected chi connectivity index (χ3v) is 4.55. The van der Waals surface area contributed by atoms with Gasteiger partial charge in [-0.3, -0.25) is 4.79 Å². The van der Waals surface area contributed by atoms with Gasteiger partial charge in [0.15, 0.2) is 5.13 Å². The molecule has 22 heavy (non-hydrogen) atoms. The molecule has 2 aromatic rings. The second kappa shape index (κ2) is 9.36. The zero-order valence-corrected chi connectivity index (χ0v) is 13.8. The van der Waals surface area contributed by atoms with E-state index in [0.717, 1.165) is 29.5 Å². The van der Waals surface area contributed by atoms with E-state index in [-0.39, 0.29) is 5.91 Å². The molecule has 4 heteroatoms. The van der Waals surface area contributed by atoms with Gasteiger partial charge in [-0.2, -0.15) is 0 Å². The van der Waals surface area contributed by atoms with Crippen LogP contribution in [-0.2, 0) is 4.79 Å². The molecule has 0 fully saturated rings. The summed E-state index contributed by atoms with van der Waals surface area (Å²) < 4.78 is 1.11. The number of anilines is 1. The lowest BCUT2D eigenvalue weighted by atomic mass is 10.1. The lowest BCUT2D eigenvalue weighted by molar-refractivity contribution is -0.116. The molecule has 0 spiro atoms. The summed E-state index contributed by atoms with van der Waals surface area (Å²) >= 11 is 1.53. The summed E-state index contributed by atoms with van der Waals surface area (Å²) in [4.78, 5) is 16.3. The van der Waals surface area contributed by atoms with Gasteiger partial charge in [0.05, 0.1) is 10.2 Å². The van der Waals surface area contributed by atoms with E-state index < -0.39 is 0 Å². The van der Waals surface area contributed by atoms with Crippen molar-refractivity contribution in [3.8, 4) is 0 Å². The number of carbonyl (C=O) groups is 1. The third kappa shape index (κ3) is 5.60. The van der Waals surface area contributed by atoms with E-state index >= 15 is 0 Å². The molecule has 118 valence electrons. The molecule has 0 unspecified atom stereocenters. The maximum Gasteiger partial charge on any atom is 0.226 e. The van der Waals surface area contributed by atoms with E-state index in [9.17, 15) is 4.79 Å². The van der Waals surface area contributed by atoms with Crippen molar-refractivity contribution in [1.82, 2.24) is 4.98 Å². The molecule has 0 aliphatic carbocycles. The quantitative estimate of drug-likeness (QED) is 0.462. The average Bonchev–Trinajstić information content (AvgIpc) is 2.92. The number of thiazole rings is 1. The number of benzene rings is 1. The van der Waals surface area contributed by atoms with Crippen molar-refractivity contribution in [2.45, 2.75) is 51.4 Å². The number of hydrogen-bond acceptors (Lipinski definition) is 3. The highest BCUT2D eigenvalue weighted by molar-refractivity contribution is 7.22. The summed E-state index contributed by atoms with van der Waals surface area (Å²) in [6, 6.07) is 7.94. The van der Waals surface area contributed by atoms with Gasteiger partial charge in [0.25, 0.3) is 0 Å². The van der Waals surface area contributed by atoms with Crippen LogP contribution in [0, 0.1) is 0 Å². The second-order valence-electron chi connectivity index (χ2n) is 5.48. The molecule has 0 aliphatic rings. The lowest BCUT2D eigenvalue weighted by Crippen LogP contribution is -2.10. The van der Waals surface area contributed by atoms with Gasteiger partial charge in [-0.15, -0.1) is 6.58 Å². The van der Waals surface area contributed by atoms with E-state index in [4.69, 9.17) is 0 Å². The van der Waals surface area contributed by atoms with E-state index in [2.05, 4.69) is 16.9 Å². The van der Waals surface area contributed by atoms with E-state index in [0.29, 0.717) is 11.6 Å². The van der Waals surface area contributed by atoms with Crippen LogP contribution >= 0.6 is 11.3 Å². The van der Waals surface area contributed by atoms with Gasteiger partial charge in [-0.25, -0.2) is 4.98 Å². The van der Waals surface area contributed by atoms with Crippen LogP contribution in [0.25, 0.3) is 10.2 Å². The normalized spacial score (nSPS) is 10.7. The van der Waals surface area contributed by atoms with Crippen LogP contribution in [0.3, 0.4) is 0 Å². The second-order valence-corrected chi connectivity index (χ2v) is 6.51. The number of nitrogens with one attached hydrogen (secondary N) is 1. The molecule has 0 atom stereocenters. The molecule has 0 bridgehead atoms. The van der Waals surface area contributed by atoms with E-state index in [1.165, 1.54) is 37.0 Å². The first-order chi connectivity index (χ1) is 10.8. The predicted octanol–water partition coefficient (Wildman–Crippen LogP) is 5.54. The van der Waals surface area contributed by atoms with Crippen molar-refractivity contribution in [1.29, 1.82) is 0 Å². The number of aromatic nitrogens is 1. The van der Waals surface area contributed by atoms with Gasteiger partial charge in [0.2, 0.25) is 5.91 Å².